The zero-order chi connectivity index (χ0) is 12.6. The number of likely N-dealkylation sites (N-methyl/N-ethyl adjacent to an activating group) is 1. The van der Waals surface area contributed by atoms with E-state index in [0.717, 1.165) is 13.0 Å². The van der Waals surface area contributed by atoms with Crippen molar-refractivity contribution >= 4 is 0 Å². The molecule has 0 bridgehead atoms. The molecule has 0 spiro atoms. The summed E-state index contributed by atoms with van der Waals surface area (Å²) in [6.45, 7) is 7.84. The Morgan fingerprint density at radius 3 is 2.18 bits per heavy atom. The average molecular weight is 232 g/mol. The van der Waals surface area contributed by atoms with E-state index < -0.39 is 0 Å². The van der Waals surface area contributed by atoms with Gasteiger partial charge >= 0.3 is 0 Å². The van der Waals surface area contributed by atoms with Gasteiger partial charge in [0.1, 0.15) is 0 Å². The first-order valence-corrected chi connectivity index (χ1v) is 6.46. The van der Waals surface area contributed by atoms with Crippen LogP contribution in [0, 0.1) is 0 Å². The van der Waals surface area contributed by atoms with Crippen molar-refractivity contribution in [3.8, 4) is 0 Å². The summed E-state index contributed by atoms with van der Waals surface area (Å²) in [7, 11) is 2.16. The van der Waals surface area contributed by atoms with E-state index in [-0.39, 0.29) is 11.5 Å². The lowest BCUT2D eigenvalue weighted by Crippen LogP contribution is -2.29. The zero-order valence-electron chi connectivity index (χ0n) is 11.4. The lowest BCUT2D eigenvalue weighted by atomic mass is 9.86. The molecule has 1 aromatic carbocycles. The number of rotatable bonds is 1. The minimum Gasteiger partial charge on any atom is -0.326 e. The van der Waals surface area contributed by atoms with Gasteiger partial charge in [-0.25, -0.2) is 0 Å². The van der Waals surface area contributed by atoms with Crippen molar-refractivity contribution < 1.29 is 0 Å². The Labute approximate surface area is 105 Å². The second-order valence-electron chi connectivity index (χ2n) is 6.25. The quantitative estimate of drug-likeness (QED) is 0.806. The average Bonchev–Trinajstić information content (AvgIpc) is 2.58. The van der Waals surface area contributed by atoms with E-state index in [9.17, 15) is 0 Å². The summed E-state index contributed by atoms with van der Waals surface area (Å²) >= 11 is 0. The van der Waals surface area contributed by atoms with Crippen molar-refractivity contribution in [3.05, 3.63) is 35.4 Å². The largest absolute Gasteiger partial charge is 0.326 e. The molecule has 2 N–H and O–H groups in total. The van der Waals surface area contributed by atoms with Crippen molar-refractivity contribution in [3.63, 3.8) is 0 Å². The molecule has 2 rings (SSSR count). The smallest absolute Gasteiger partial charge is 0.0496 e. The highest BCUT2D eigenvalue weighted by atomic mass is 15.2. The monoisotopic (exact) mass is 232 g/mol. The Bertz CT molecular complexity index is 365. The van der Waals surface area contributed by atoms with Crippen LogP contribution in [0.3, 0.4) is 0 Å². The van der Waals surface area contributed by atoms with E-state index >= 15 is 0 Å². The Morgan fingerprint density at radius 2 is 1.76 bits per heavy atom. The van der Waals surface area contributed by atoms with Crippen molar-refractivity contribution in [1.29, 1.82) is 0 Å². The molecule has 2 unspecified atom stereocenters. The van der Waals surface area contributed by atoms with Gasteiger partial charge in [-0.15, -0.1) is 0 Å². The Morgan fingerprint density at radius 1 is 1.18 bits per heavy atom. The second-order valence-corrected chi connectivity index (χ2v) is 6.25. The zero-order valence-corrected chi connectivity index (χ0v) is 11.4. The molecule has 0 aliphatic carbocycles. The van der Waals surface area contributed by atoms with E-state index in [2.05, 4.69) is 57.0 Å². The molecule has 94 valence electrons. The Hall–Kier alpha value is -0.860. The lowest BCUT2D eigenvalue weighted by molar-refractivity contribution is 0.304. The standard InChI is InChI=1S/C15H24N2/c1-15(2,3)12-7-5-11(6-8-12)14-13(16)9-10-17(14)4/h5-8,13-14H,9-10,16H2,1-4H3. The molecule has 17 heavy (non-hydrogen) atoms. The van der Waals surface area contributed by atoms with Crippen LogP contribution in [0.25, 0.3) is 0 Å². The number of nitrogens with zero attached hydrogens (tertiary/aromatic N) is 1. The number of hydrogen-bond acceptors (Lipinski definition) is 2. The van der Waals surface area contributed by atoms with Gasteiger partial charge in [0, 0.05) is 18.6 Å². The van der Waals surface area contributed by atoms with Gasteiger partial charge in [-0.05, 0) is 30.0 Å². The van der Waals surface area contributed by atoms with Crippen LogP contribution in [0.4, 0.5) is 0 Å². The summed E-state index contributed by atoms with van der Waals surface area (Å²) < 4.78 is 0. The molecule has 2 heteroatoms. The molecule has 0 radical (unpaired) electrons. The van der Waals surface area contributed by atoms with Crippen LogP contribution in [0.5, 0.6) is 0 Å². The minimum atomic E-state index is 0.224. The van der Waals surface area contributed by atoms with Crippen LogP contribution in [-0.4, -0.2) is 24.5 Å². The predicted octanol–water partition coefficient (Wildman–Crippen LogP) is 2.69. The van der Waals surface area contributed by atoms with Gasteiger partial charge in [0.15, 0.2) is 0 Å². The van der Waals surface area contributed by atoms with Gasteiger partial charge in [-0.2, -0.15) is 0 Å². The molecule has 1 heterocycles. The van der Waals surface area contributed by atoms with E-state index in [1.165, 1.54) is 11.1 Å². The highest BCUT2D eigenvalue weighted by Crippen LogP contribution is 2.31. The third-order valence-electron chi connectivity index (χ3n) is 3.81. The van der Waals surface area contributed by atoms with Gasteiger partial charge in [0.05, 0.1) is 0 Å². The first-order chi connectivity index (χ1) is 7.89. The predicted molar refractivity (Wildman–Crippen MR) is 73.1 cm³/mol. The maximum Gasteiger partial charge on any atom is 0.0496 e. The van der Waals surface area contributed by atoms with Gasteiger partial charge in [-0.3, -0.25) is 4.90 Å². The highest BCUT2D eigenvalue weighted by molar-refractivity contribution is 5.30. The van der Waals surface area contributed by atoms with Crippen LogP contribution >= 0.6 is 0 Å². The van der Waals surface area contributed by atoms with Gasteiger partial charge in [-0.1, -0.05) is 45.0 Å². The van der Waals surface area contributed by atoms with E-state index in [1.54, 1.807) is 0 Å². The van der Waals surface area contributed by atoms with Crippen molar-refractivity contribution in [2.75, 3.05) is 13.6 Å². The first kappa shape index (κ1) is 12.6. The normalized spacial score (nSPS) is 26.4. The van der Waals surface area contributed by atoms with E-state index in [0.29, 0.717) is 6.04 Å². The Balaban J connectivity index is 2.24. The molecule has 1 aromatic rings. The summed E-state index contributed by atoms with van der Waals surface area (Å²) in [6, 6.07) is 9.65. The van der Waals surface area contributed by atoms with Crippen LogP contribution in [0.1, 0.15) is 44.4 Å². The fraction of sp³-hybridized carbons (Fsp3) is 0.600. The first-order valence-electron chi connectivity index (χ1n) is 6.46. The maximum atomic E-state index is 6.18. The Kier molecular flexibility index (Phi) is 3.28. The molecule has 2 nitrogen and oxygen atoms in total. The summed E-state index contributed by atoms with van der Waals surface area (Å²) in [5.41, 5.74) is 9.15. The molecular weight excluding hydrogens is 208 g/mol. The molecule has 2 atom stereocenters. The molecule has 0 aromatic heterocycles. The maximum absolute atomic E-state index is 6.18. The summed E-state index contributed by atoms with van der Waals surface area (Å²) in [4.78, 5) is 2.36. The van der Waals surface area contributed by atoms with Gasteiger partial charge < -0.3 is 5.73 Å². The molecule has 1 fully saturated rings. The second kappa shape index (κ2) is 4.43. The lowest BCUT2D eigenvalue weighted by Gasteiger charge is -2.25. The minimum absolute atomic E-state index is 0.224. The molecular formula is C15H24N2. The topological polar surface area (TPSA) is 29.3 Å². The third-order valence-corrected chi connectivity index (χ3v) is 3.81. The molecule has 1 aliphatic heterocycles. The van der Waals surface area contributed by atoms with Crippen LogP contribution < -0.4 is 5.73 Å². The van der Waals surface area contributed by atoms with Crippen LogP contribution in [0.15, 0.2) is 24.3 Å². The highest BCUT2D eigenvalue weighted by Gasteiger charge is 2.30. The number of hydrogen-bond donors (Lipinski definition) is 1. The fourth-order valence-electron chi connectivity index (χ4n) is 2.66. The molecule has 1 saturated heterocycles. The van der Waals surface area contributed by atoms with Crippen molar-refractivity contribution in [1.82, 2.24) is 4.90 Å². The fourth-order valence-corrected chi connectivity index (χ4v) is 2.66. The number of likely N-dealkylation sites (tertiary alicyclic amines) is 1. The van der Waals surface area contributed by atoms with Crippen LogP contribution in [0.2, 0.25) is 0 Å². The van der Waals surface area contributed by atoms with E-state index in [4.69, 9.17) is 5.73 Å². The van der Waals surface area contributed by atoms with Crippen molar-refractivity contribution in [2.24, 2.45) is 5.73 Å². The van der Waals surface area contributed by atoms with Crippen LogP contribution in [-0.2, 0) is 5.41 Å². The summed E-state index contributed by atoms with van der Waals surface area (Å²) in [5, 5.41) is 0. The number of nitrogens with two attached hydrogens (primary N) is 1. The van der Waals surface area contributed by atoms with Gasteiger partial charge in [0.2, 0.25) is 0 Å². The summed E-state index contributed by atoms with van der Waals surface area (Å²) in [6.07, 6.45) is 1.10. The summed E-state index contributed by atoms with van der Waals surface area (Å²) in [5.74, 6) is 0. The SMILES string of the molecule is CN1CCC(N)C1c1ccc(C(C)(C)C)cc1. The molecule has 1 aliphatic rings. The third kappa shape index (κ3) is 2.53. The van der Waals surface area contributed by atoms with E-state index in [1.807, 2.05) is 0 Å². The van der Waals surface area contributed by atoms with Gasteiger partial charge in [0.25, 0.3) is 0 Å². The molecule has 0 saturated carbocycles. The molecule has 0 amide bonds. The number of benzene rings is 1. The van der Waals surface area contributed by atoms with Crippen molar-refractivity contribution in [2.45, 2.75) is 44.7 Å².